The van der Waals surface area contributed by atoms with E-state index >= 15 is 0 Å². The highest BCUT2D eigenvalue weighted by Gasteiger charge is 2.52. The van der Waals surface area contributed by atoms with Crippen LogP contribution in [0.4, 0.5) is 5.69 Å². The predicted octanol–water partition coefficient (Wildman–Crippen LogP) is 2.04. The van der Waals surface area contributed by atoms with Crippen LogP contribution in [-0.4, -0.2) is 60.2 Å². The molecule has 0 bridgehead atoms. The van der Waals surface area contributed by atoms with Crippen LogP contribution in [0.1, 0.15) is 38.5 Å². The molecule has 3 amide bonds. The number of hydrogen-bond acceptors (Lipinski definition) is 4. The molecule has 1 aromatic carbocycles. The molecule has 0 radical (unpaired) electrons. The third kappa shape index (κ3) is 3.45. The second-order valence-corrected chi connectivity index (χ2v) is 7.97. The Kier molecular flexibility index (Phi) is 4.89. The van der Waals surface area contributed by atoms with Crippen molar-refractivity contribution < 1.29 is 14.4 Å². The van der Waals surface area contributed by atoms with E-state index in [0.29, 0.717) is 19.5 Å². The Labute approximate surface area is 160 Å². The number of hydrogen-bond donors (Lipinski definition) is 0. The SMILES string of the molecule is O=C(CCN1C(=O)CC2(CCCC2)C1=O)N1CCN(c2ccccc2)CC1. The number of carbonyl (C=O) groups excluding carboxylic acids is 3. The van der Waals surface area contributed by atoms with Gasteiger partial charge in [-0.25, -0.2) is 0 Å². The van der Waals surface area contributed by atoms with Crippen molar-refractivity contribution in [3.05, 3.63) is 30.3 Å². The van der Waals surface area contributed by atoms with E-state index < -0.39 is 5.41 Å². The average Bonchev–Trinajstić information content (AvgIpc) is 3.26. The normalized spacial score (nSPS) is 22.1. The maximum Gasteiger partial charge on any atom is 0.235 e. The molecule has 27 heavy (non-hydrogen) atoms. The van der Waals surface area contributed by atoms with Gasteiger partial charge >= 0.3 is 0 Å². The number of piperazine rings is 1. The van der Waals surface area contributed by atoms with Gasteiger partial charge in [0, 0.05) is 51.3 Å². The van der Waals surface area contributed by atoms with Crippen LogP contribution in [-0.2, 0) is 14.4 Å². The molecule has 3 fully saturated rings. The van der Waals surface area contributed by atoms with Gasteiger partial charge in [-0.2, -0.15) is 0 Å². The topological polar surface area (TPSA) is 60.9 Å². The number of anilines is 1. The molecule has 1 saturated carbocycles. The van der Waals surface area contributed by atoms with Gasteiger partial charge in [-0.15, -0.1) is 0 Å². The minimum atomic E-state index is -0.443. The molecule has 2 saturated heterocycles. The average molecular weight is 369 g/mol. The second-order valence-electron chi connectivity index (χ2n) is 7.97. The standard InChI is InChI=1S/C21H27N3O3/c25-18(23-14-12-22(13-15-23)17-6-2-1-3-7-17)8-11-24-19(26)16-21(20(24)27)9-4-5-10-21/h1-3,6-7H,4-5,8-16H2. The van der Waals surface area contributed by atoms with Gasteiger partial charge < -0.3 is 9.80 Å². The first-order valence-corrected chi connectivity index (χ1v) is 10.0. The fourth-order valence-corrected chi connectivity index (χ4v) is 4.75. The lowest BCUT2D eigenvalue weighted by Gasteiger charge is -2.36. The minimum absolute atomic E-state index is 0.0355. The fourth-order valence-electron chi connectivity index (χ4n) is 4.75. The molecule has 6 nitrogen and oxygen atoms in total. The number of benzene rings is 1. The van der Waals surface area contributed by atoms with Gasteiger partial charge in [0.1, 0.15) is 0 Å². The van der Waals surface area contributed by atoms with Crippen LogP contribution in [0, 0.1) is 5.41 Å². The fraction of sp³-hybridized carbons (Fsp3) is 0.571. The number of imide groups is 1. The zero-order valence-corrected chi connectivity index (χ0v) is 15.7. The van der Waals surface area contributed by atoms with Crippen LogP contribution in [0.25, 0.3) is 0 Å². The summed E-state index contributed by atoms with van der Waals surface area (Å²) in [5, 5.41) is 0. The van der Waals surface area contributed by atoms with Crippen molar-refractivity contribution >= 4 is 23.4 Å². The molecular formula is C21H27N3O3. The van der Waals surface area contributed by atoms with Gasteiger partial charge in [-0.3, -0.25) is 19.3 Å². The summed E-state index contributed by atoms with van der Waals surface area (Å²) >= 11 is 0. The quantitative estimate of drug-likeness (QED) is 0.762. The number of carbonyl (C=O) groups is 3. The lowest BCUT2D eigenvalue weighted by molar-refractivity contribution is -0.142. The third-order valence-electron chi connectivity index (χ3n) is 6.35. The molecule has 144 valence electrons. The summed E-state index contributed by atoms with van der Waals surface area (Å²) in [6.07, 6.45) is 4.27. The summed E-state index contributed by atoms with van der Waals surface area (Å²) in [6.45, 7) is 3.21. The Morgan fingerprint density at radius 3 is 2.30 bits per heavy atom. The van der Waals surface area contributed by atoms with E-state index in [-0.39, 0.29) is 30.7 Å². The molecule has 1 spiro atoms. The molecule has 6 heteroatoms. The first-order valence-electron chi connectivity index (χ1n) is 10.0. The number of para-hydroxylation sites is 1. The molecule has 2 aliphatic heterocycles. The van der Waals surface area contributed by atoms with E-state index in [9.17, 15) is 14.4 Å². The highest BCUT2D eigenvalue weighted by atomic mass is 16.2. The van der Waals surface area contributed by atoms with Crippen LogP contribution in [0.15, 0.2) is 30.3 Å². The van der Waals surface area contributed by atoms with Gasteiger partial charge in [0.25, 0.3) is 0 Å². The second kappa shape index (κ2) is 7.33. The lowest BCUT2D eigenvalue weighted by atomic mass is 9.84. The summed E-state index contributed by atoms with van der Waals surface area (Å²) in [6, 6.07) is 10.2. The molecule has 0 unspecified atom stereocenters. The van der Waals surface area contributed by atoms with Crippen LogP contribution in [0.5, 0.6) is 0 Å². The van der Waals surface area contributed by atoms with Gasteiger partial charge in [0.15, 0.2) is 0 Å². The molecular weight excluding hydrogens is 342 g/mol. The van der Waals surface area contributed by atoms with Crippen molar-refractivity contribution in [3.8, 4) is 0 Å². The molecule has 0 aromatic heterocycles. The summed E-state index contributed by atoms with van der Waals surface area (Å²) in [5.41, 5.74) is 0.737. The number of rotatable bonds is 4. The lowest BCUT2D eigenvalue weighted by Crippen LogP contribution is -2.49. The van der Waals surface area contributed by atoms with Crippen molar-refractivity contribution in [1.29, 1.82) is 0 Å². The highest BCUT2D eigenvalue weighted by molar-refractivity contribution is 6.06. The third-order valence-corrected chi connectivity index (χ3v) is 6.35. The summed E-state index contributed by atoms with van der Waals surface area (Å²) < 4.78 is 0. The smallest absolute Gasteiger partial charge is 0.235 e. The monoisotopic (exact) mass is 369 g/mol. The molecule has 1 aromatic rings. The number of amides is 3. The Balaban J connectivity index is 1.28. The molecule has 2 heterocycles. The van der Waals surface area contributed by atoms with E-state index in [4.69, 9.17) is 0 Å². The molecule has 1 aliphatic carbocycles. The largest absolute Gasteiger partial charge is 0.368 e. The molecule has 0 atom stereocenters. The molecule has 3 aliphatic rings. The van der Waals surface area contributed by atoms with Crippen molar-refractivity contribution in [1.82, 2.24) is 9.80 Å². The van der Waals surface area contributed by atoms with Crippen LogP contribution in [0.3, 0.4) is 0 Å². The first-order chi connectivity index (χ1) is 13.1. The maximum atomic E-state index is 12.7. The first kappa shape index (κ1) is 18.0. The Morgan fingerprint density at radius 2 is 1.63 bits per heavy atom. The van der Waals surface area contributed by atoms with Crippen molar-refractivity contribution in [3.63, 3.8) is 0 Å². The van der Waals surface area contributed by atoms with Crippen LogP contribution in [0.2, 0.25) is 0 Å². The van der Waals surface area contributed by atoms with E-state index in [2.05, 4.69) is 17.0 Å². The van der Waals surface area contributed by atoms with E-state index in [1.54, 1.807) is 0 Å². The highest BCUT2D eigenvalue weighted by Crippen LogP contribution is 2.46. The van der Waals surface area contributed by atoms with Crippen LogP contribution < -0.4 is 4.90 Å². The van der Waals surface area contributed by atoms with Gasteiger partial charge in [-0.05, 0) is 25.0 Å². The maximum absolute atomic E-state index is 12.7. The van der Waals surface area contributed by atoms with Gasteiger partial charge in [0.05, 0.1) is 5.41 Å². The van der Waals surface area contributed by atoms with E-state index in [0.717, 1.165) is 38.8 Å². The number of nitrogens with zero attached hydrogens (tertiary/aromatic N) is 3. The molecule has 0 N–H and O–H groups in total. The zero-order valence-electron chi connectivity index (χ0n) is 15.7. The Hall–Kier alpha value is -2.37. The van der Waals surface area contributed by atoms with Crippen molar-refractivity contribution in [2.24, 2.45) is 5.41 Å². The summed E-state index contributed by atoms with van der Waals surface area (Å²) in [5.74, 6) is -0.0917. The van der Waals surface area contributed by atoms with Gasteiger partial charge in [0.2, 0.25) is 17.7 Å². The summed E-state index contributed by atoms with van der Waals surface area (Å²) in [7, 11) is 0. The van der Waals surface area contributed by atoms with Crippen LogP contribution >= 0.6 is 0 Å². The van der Waals surface area contributed by atoms with E-state index in [1.807, 2.05) is 23.1 Å². The Bertz CT molecular complexity index is 719. The molecule has 4 rings (SSSR count). The number of likely N-dealkylation sites (tertiary alicyclic amines) is 1. The van der Waals surface area contributed by atoms with Crippen molar-refractivity contribution in [2.45, 2.75) is 38.5 Å². The zero-order chi connectivity index (χ0) is 18.9. The van der Waals surface area contributed by atoms with E-state index in [1.165, 1.54) is 10.6 Å². The summed E-state index contributed by atoms with van der Waals surface area (Å²) in [4.78, 5) is 43.1. The minimum Gasteiger partial charge on any atom is -0.368 e. The van der Waals surface area contributed by atoms with Gasteiger partial charge in [-0.1, -0.05) is 31.0 Å². The predicted molar refractivity (Wildman–Crippen MR) is 102 cm³/mol. The van der Waals surface area contributed by atoms with Crippen molar-refractivity contribution in [2.75, 3.05) is 37.6 Å². The Morgan fingerprint density at radius 1 is 0.963 bits per heavy atom.